The molecule has 1 heterocycles. The highest BCUT2D eigenvalue weighted by Gasteiger charge is 2.63. The molecule has 1 aromatic heterocycles. The highest BCUT2D eigenvalue weighted by atomic mass is 16.4. The van der Waals surface area contributed by atoms with Gasteiger partial charge in [-0.05, 0) is 30.4 Å². The second kappa shape index (κ2) is 7.78. The van der Waals surface area contributed by atoms with E-state index in [0.717, 1.165) is 0 Å². The Balaban J connectivity index is 1.79. The number of carbonyl (C=O) groups is 3. The van der Waals surface area contributed by atoms with E-state index in [2.05, 4.69) is 10.3 Å². The molecule has 5 rings (SSSR count). The van der Waals surface area contributed by atoms with Crippen molar-refractivity contribution in [2.24, 2.45) is 17.6 Å². The molecule has 0 spiro atoms. The Morgan fingerprint density at radius 3 is 2.61 bits per heavy atom. The van der Waals surface area contributed by atoms with E-state index in [1.165, 1.54) is 0 Å². The summed E-state index contributed by atoms with van der Waals surface area (Å²) >= 11 is 0. The average Bonchev–Trinajstić information content (AvgIpc) is 3.17. The lowest BCUT2D eigenvalue weighted by Crippen LogP contribution is -2.66. The molecule has 3 aliphatic carbocycles. The van der Waals surface area contributed by atoms with Gasteiger partial charge in [0.15, 0.2) is 17.0 Å². The summed E-state index contributed by atoms with van der Waals surface area (Å²) in [6, 6.07) is 0.262. The van der Waals surface area contributed by atoms with Crippen molar-refractivity contribution >= 4 is 40.0 Å². The summed E-state index contributed by atoms with van der Waals surface area (Å²) in [5.41, 5.74) is 2.88. The van der Waals surface area contributed by atoms with Gasteiger partial charge in [-0.3, -0.25) is 24.7 Å². The zero-order valence-corrected chi connectivity index (χ0v) is 19.3. The Morgan fingerprint density at radius 1 is 1.31 bits per heavy atom. The Bertz CT molecular complexity index is 1480. The van der Waals surface area contributed by atoms with Crippen LogP contribution in [0.25, 0.3) is 16.9 Å². The summed E-state index contributed by atoms with van der Waals surface area (Å²) in [4.78, 5) is 55.0. The van der Waals surface area contributed by atoms with Gasteiger partial charge in [0.2, 0.25) is 5.78 Å². The molecule has 0 unspecified atom stereocenters. The molecular formula is C23H24N4O9. The minimum atomic E-state index is -2.78. The van der Waals surface area contributed by atoms with Crippen LogP contribution < -0.4 is 21.7 Å². The number of H-pyrrole nitrogens is 1. The maximum absolute atomic E-state index is 13.8. The number of ketones is 2. The van der Waals surface area contributed by atoms with Crippen molar-refractivity contribution in [2.75, 3.05) is 25.7 Å². The number of anilines is 1. The molecule has 4 atom stereocenters. The number of nitrogens with zero attached hydrogens (tertiary/aromatic N) is 1. The standard InChI is InChI=1S/C23H24N4O9/c1-27(2)11-5-10-18(36-22(34)26-10)13-8(11)3-7-4-9-15(25-6-28)17(30)14(21(24)33)20(32)23(9,35)19(31)12(7)16(13)29/h5,7,9,15,25,28-29,32,35H,3-4,6H2,1-2H3,(H2,24,33)(H,26,34)/t7-,9-,15+,23-/m0/s1. The van der Waals surface area contributed by atoms with Gasteiger partial charge in [0.25, 0.3) is 5.91 Å². The fraction of sp³-hybridized carbons (Fsp3) is 0.391. The van der Waals surface area contributed by atoms with Crippen molar-refractivity contribution in [3.05, 3.63) is 44.6 Å². The van der Waals surface area contributed by atoms with Gasteiger partial charge in [-0.15, -0.1) is 0 Å². The third-order valence-corrected chi connectivity index (χ3v) is 7.38. The zero-order valence-electron chi connectivity index (χ0n) is 19.3. The van der Waals surface area contributed by atoms with Crippen molar-refractivity contribution in [3.8, 4) is 0 Å². The lowest BCUT2D eigenvalue weighted by molar-refractivity contribution is -0.150. The summed E-state index contributed by atoms with van der Waals surface area (Å²) in [5, 5.41) is 45.7. The fourth-order valence-electron chi connectivity index (χ4n) is 5.87. The van der Waals surface area contributed by atoms with Gasteiger partial charge < -0.3 is 35.5 Å². The number of hydrogen-bond donors (Lipinski definition) is 7. The predicted octanol–water partition coefficient (Wildman–Crippen LogP) is -1.26. The molecule has 0 saturated heterocycles. The van der Waals surface area contributed by atoms with Crippen LogP contribution in [0.5, 0.6) is 0 Å². The molecule has 0 bridgehead atoms. The van der Waals surface area contributed by atoms with Crippen LogP contribution >= 0.6 is 0 Å². The molecule has 13 heteroatoms. The largest absolute Gasteiger partial charge is 0.508 e. The van der Waals surface area contributed by atoms with Crippen molar-refractivity contribution in [1.82, 2.24) is 10.3 Å². The van der Waals surface area contributed by atoms with Crippen molar-refractivity contribution < 1.29 is 39.2 Å². The van der Waals surface area contributed by atoms with E-state index < -0.39 is 70.5 Å². The summed E-state index contributed by atoms with van der Waals surface area (Å²) in [7, 11) is 3.52. The molecule has 1 fully saturated rings. The van der Waals surface area contributed by atoms with Gasteiger partial charge in [0.05, 0.1) is 23.9 Å². The molecule has 1 saturated carbocycles. The minimum absolute atomic E-state index is 0.0159. The number of aromatic amines is 1. The first-order valence-electron chi connectivity index (χ1n) is 11.1. The monoisotopic (exact) mass is 500 g/mol. The van der Waals surface area contributed by atoms with E-state index in [4.69, 9.17) is 10.2 Å². The summed E-state index contributed by atoms with van der Waals surface area (Å²) in [6.07, 6.45) is 0.0845. The summed E-state index contributed by atoms with van der Waals surface area (Å²) < 4.78 is 5.25. The number of carbonyl (C=O) groups excluding carboxylic acids is 3. The van der Waals surface area contributed by atoms with Crippen LogP contribution in [0.15, 0.2) is 32.2 Å². The third-order valence-electron chi connectivity index (χ3n) is 7.38. The number of rotatable bonds is 4. The van der Waals surface area contributed by atoms with Crippen LogP contribution in [0.1, 0.15) is 17.5 Å². The SMILES string of the molecule is CN(C)c1cc2[nH]c(=O)oc2c2c1C[C@H]1C[C@H]3[C@@H](NCO)C(=O)C(C(N)=O)=C(O)[C@@]3(O)C(=O)C1=C2O. The molecule has 1 aromatic carbocycles. The number of aromatic nitrogens is 1. The summed E-state index contributed by atoms with van der Waals surface area (Å²) in [5.74, 6) is -7.96. The molecule has 3 aliphatic rings. The van der Waals surface area contributed by atoms with Gasteiger partial charge >= 0.3 is 5.76 Å². The highest BCUT2D eigenvalue weighted by Crippen LogP contribution is 2.52. The molecule has 190 valence electrons. The lowest BCUT2D eigenvalue weighted by atomic mass is 9.57. The quantitative estimate of drug-likeness (QED) is 0.194. The number of oxazole rings is 1. The average molecular weight is 500 g/mol. The third kappa shape index (κ3) is 2.93. The van der Waals surface area contributed by atoms with Gasteiger partial charge in [-0.1, -0.05) is 0 Å². The Morgan fingerprint density at radius 2 is 2.00 bits per heavy atom. The van der Waals surface area contributed by atoms with Crippen LogP contribution in [-0.2, 0) is 20.8 Å². The number of benzene rings is 1. The van der Waals surface area contributed by atoms with Crippen molar-refractivity contribution in [1.29, 1.82) is 0 Å². The fourth-order valence-corrected chi connectivity index (χ4v) is 5.87. The normalized spacial score (nSPS) is 27.7. The molecule has 2 aromatic rings. The Labute approximate surface area is 202 Å². The predicted molar refractivity (Wildman–Crippen MR) is 124 cm³/mol. The van der Waals surface area contributed by atoms with Crippen LogP contribution in [0.4, 0.5) is 5.69 Å². The smallest absolute Gasteiger partial charge is 0.417 e. The highest BCUT2D eigenvalue weighted by molar-refractivity contribution is 6.24. The van der Waals surface area contributed by atoms with Gasteiger partial charge in [-0.2, -0.15) is 0 Å². The van der Waals surface area contributed by atoms with Crippen LogP contribution in [0.2, 0.25) is 0 Å². The zero-order chi connectivity index (χ0) is 26.3. The molecule has 0 radical (unpaired) electrons. The molecule has 8 N–H and O–H groups in total. The molecular weight excluding hydrogens is 476 g/mol. The summed E-state index contributed by atoms with van der Waals surface area (Å²) in [6.45, 7) is -0.722. The van der Waals surface area contributed by atoms with Crippen LogP contribution in [-0.4, -0.2) is 75.4 Å². The number of aliphatic hydroxyl groups excluding tert-OH is 3. The number of nitrogens with two attached hydrogens (primary N) is 1. The number of Topliss-reactive ketones (excluding diaryl/α,β-unsaturated/α-hetero) is 2. The topological polar surface area (TPSA) is 219 Å². The van der Waals surface area contributed by atoms with Crippen LogP contribution in [0, 0.1) is 11.8 Å². The number of fused-ring (bicyclic) bond motifs is 5. The number of primary amides is 1. The Kier molecular flexibility index (Phi) is 5.14. The second-order valence-electron chi connectivity index (χ2n) is 9.43. The lowest BCUT2D eigenvalue weighted by Gasteiger charge is -2.49. The minimum Gasteiger partial charge on any atom is -0.508 e. The van der Waals surface area contributed by atoms with E-state index >= 15 is 0 Å². The van der Waals surface area contributed by atoms with E-state index in [0.29, 0.717) is 11.3 Å². The van der Waals surface area contributed by atoms with Gasteiger partial charge in [0.1, 0.15) is 17.1 Å². The first-order chi connectivity index (χ1) is 16.9. The second-order valence-corrected chi connectivity index (χ2v) is 9.43. The maximum atomic E-state index is 13.8. The molecule has 0 aliphatic heterocycles. The van der Waals surface area contributed by atoms with Gasteiger partial charge in [-0.25, -0.2) is 4.79 Å². The molecule has 1 amide bonds. The van der Waals surface area contributed by atoms with E-state index in [1.807, 2.05) is 0 Å². The Hall–Kier alpha value is -3.94. The molecule has 36 heavy (non-hydrogen) atoms. The van der Waals surface area contributed by atoms with Gasteiger partial charge in [0, 0.05) is 31.3 Å². The molecule has 13 nitrogen and oxygen atoms in total. The van der Waals surface area contributed by atoms with E-state index in [9.17, 15) is 39.6 Å². The number of hydrogen-bond acceptors (Lipinski definition) is 11. The number of nitrogens with one attached hydrogen (secondary N) is 2. The van der Waals surface area contributed by atoms with Crippen molar-refractivity contribution in [2.45, 2.75) is 24.5 Å². The van der Waals surface area contributed by atoms with E-state index in [1.54, 1.807) is 25.1 Å². The number of amides is 1. The number of aliphatic hydroxyl groups is 4. The first kappa shape index (κ1) is 23.8. The van der Waals surface area contributed by atoms with Crippen LogP contribution in [0.3, 0.4) is 0 Å². The van der Waals surface area contributed by atoms with Crippen molar-refractivity contribution in [3.63, 3.8) is 0 Å². The maximum Gasteiger partial charge on any atom is 0.417 e. The first-order valence-corrected chi connectivity index (χ1v) is 11.1. The van der Waals surface area contributed by atoms with E-state index in [-0.39, 0.29) is 35.1 Å².